The zero-order valence-corrected chi connectivity index (χ0v) is 12.8. The second-order valence-electron chi connectivity index (χ2n) is 4.39. The van der Waals surface area contributed by atoms with Crippen LogP contribution in [0.1, 0.15) is 11.1 Å². The quantitative estimate of drug-likeness (QED) is 0.911. The van der Waals surface area contributed by atoms with Gasteiger partial charge in [-0.2, -0.15) is 0 Å². The lowest BCUT2D eigenvalue weighted by Crippen LogP contribution is -2.24. The van der Waals surface area contributed by atoms with E-state index in [4.69, 9.17) is 4.74 Å². The standard InChI is InChI=1S/C16H16BrNO2/c1-20-15-5-3-2-4-13(15)10-16(19)18-11-12-6-8-14(17)9-7-12/h2-9H,10-11H2,1H3,(H,18,19). The molecule has 2 aromatic carbocycles. The van der Waals surface area contributed by atoms with E-state index in [0.717, 1.165) is 21.3 Å². The lowest BCUT2D eigenvalue weighted by molar-refractivity contribution is -0.120. The lowest BCUT2D eigenvalue weighted by atomic mass is 10.1. The minimum Gasteiger partial charge on any atom is -0.496 e. The topological polar surface area (TPSA) is 38.3 Å². The average Bonchev–Trinajstić information content (AvgIpc) is 2.47. The maximum Gasteiger partial charge on any atom is 0.224 e. The molecule has 0 saturated carbocycles. The van der Waals surface area contributed by atoms with E-state index >= 15 is 0 Å². The number of benzene rings is 2. The second kappa shape index (κ2) is 7.10. The molecule has 1 amide bonds. The van der Waals surface area contributed by atoms with Gasteiger partial charge >= 0.3 is 0 Å². The first-order valence-corrected chi connectivity index (χ1v) is 7.11. The molecule has 0 radical (unpaired) electrons. The van der Waals surface area contributed by atoms with Crippen molar-refractivity contribution in [3.63, 3.8) is 0 Å². The summed E-state index contributed by atoms with van der Waals surface area (Å²) in [5.41, 5.74) is 1.96. The van der Waals surface area contributed by atoms with Gasteiger partial charge in [-0.15, -0.1) is 0 Å². The first-order chi connectivity index (χ1) is 9.69. The van der Waals surface area contributed by atoms with Crippen molar-refractivity contribution >= 4 is 21.8 Å². The number of para-hydroxylation sites is 1. The monoisotopic (exact) mass is 333 g/mol. The normalized spacial score (nSPS) is 10.1. The highest BCUT2D eigenvalue weighted by Gasteiger charge is 2.07. The number of nitrogens with one attached hydrogen (secondary N) is 1. The van der Waals surface area contributed by atoms with Crippen LogP contribution in [0.4, 0.5) is 0 Å². The number of halogens is 1. The average molecular weight is 334 g/mol. The summed E-state index contributed by atoms with van der Waals surface area (Å²) in [4.78, 5) is 11.9. The van der Waals surface area contributed by atoms with Crippen LogP contribution in [0.5, 0.6) is 5.75 Å². The third-order valence-electron chi connectivity index (χ3n) is 2.95. The molecule has 3 nitrogen and oxygen atoms in total. The van der Waals surface area contributed by atoms with E-state index in [1.807, 2.05) is 48.5 Å². The fraction of sp³-hybridized carbons (Fsp3) is 0.188. The van der Waals surface area contributed by atoms with Gasteiger partial charge in [0.2, 0.25) is 5.91 Å². The molecule has 0 unspecified atom stereocenters. The first-order valence-electron chi connectivity index (χ1n) is 6.32. The van der Waals surface area contributed by atoms with Crippen molar-refractivity contribution < 1.29 is 9.53 Å². The molecular weight excluding hydrogens is 318 g/mol. The van der Waals surface area contributed by atoms with E-state index in [9.17, 15) is 4.79 Å². The summed E-state index contributed by atoms with van der Waals surface area (Å²) in [6, 6.07) is 15.4. The highest BCUT2D eigenvalue weighted by molar-refractivity contribution is 9.10. The molecule has 0 aliphatic carbocycles. The van der Waals surface area contributed by atoms with Gasteiger partial charge in [-0.05, 0) is 23.8 Å². The van der Waals surface area contributed by atoms with Crippen molar-refractivity contribution in [1.29, 1.82) is 0 Å². The Hall–Kier alpha value is -1.81. The van der Waals surface area contributed by atoms with Crippen LogP contribution >= 0.6 is 15.9 Å². The highest BCUT2D eigenvalue weighted by Crippen LogP contribution is 2.17. The van der Waals surface area contributed by atoms with Crippen LogP contribution in [-0.2, 0) is 17.8 Å². The first kappa shape index (κ1) is 14.6. The van der Waals surface area contributed by atoms with Crippen LogP contribution in [0.25, 0.3) is 0 Å². The van der Waals surface area contributed by atoms with Crippen LogP contribution in [-0.4, -0.2) is 13.0 Å². The number of hydrogen-bond acceptors (Lipinski definition) is 2. The summed E-state index contributed by atoms with van der Waals surface area (Å²) in [6.07, 6.45) is 0.320. The van der Waals surface area contributed by atoms with Crippen molar-refractivity contribution in [3.8, 4) is 5.75 Å². The molecule has 0 aliphatic rings. The Morgan fingerprint density at radius 2 is 1.85 bits per heavy atom. The largest absolute Gasteiger partial charge is 0.496 e. The van der Waals surface area contributed by atoms with E-state index in [1.165, 1.54) is 0 Å². The smallest absolute Gasteiger partial charge is 0.224 e. The molecule has 4 heteroatoms. The van der Waals surface area contributed by atoms with Gasteiger partial charge in [0.15, 0.2) is 0 Å². The Balaban J connectivity index is 1.91. The Morgan fingerprint density at radius 3 is 2.55 bits per heavy atom. The van der Waals surface area contributed by atoms with E-state index in [2.05, 4.69) is 21.2 Å². The predicted molar refractivity (Wildman–Crippen MR) is 82.7 cm³/mol. The number of methoxy groups -OCH3 is 1. The van der Waals surface area contributed by atoms with Crippen molar-refractivity contribution in [2.24, 2.45) is 0 Å². The summed E-state index contributed by atoms with van der Waals surface area (Å²) < 4.78 is 6.27. The zero-order valence-electron chi connectivity index (χ0n) is 11.2. The zero-order chi connectivity index (χ0) is 14.4. The van der Waals surface area contributed by atoms with E-state index in [1.54, 1.807) is 7.11 Å². The Labute approximate surface area is 127 Å². The molecule has 0 heterocycles. The molecule has 20 heavy (non-hydrogen) atoms. The molecule has 0 saturated heterocycles. The summed E-state index contributed by atoms with van der Waals surface area (Å²) in [5.74, 6) is 0.726. The minimum atomic E-state index is -0.0163. The summed E-state index contributed by atoms with van der Waals surface area (Å²) in [6.45, 7) is 0.529. The second-order valence-corrected chi connectivity index (χ2v) is 5.31. The molecule has 0 spiro atoms. The predicted octanol–water partition coefficient (Wildman–Crippen LogP) is 3.32. The number of amides is 1. The molecule has 0 fully saturated rings. The maximum atomic E-state index is 11.9. The number of hydrogen-bond donors (Lipinski definition) is 1. The molecule has 0 aromatic heterocycles. The Bertz CT molecular complexity index is 581. The number of carbonyl (C=O) groups excluding carboxylic acids is 1. The molecule has 2 rings (SSSR count). The lowest BCUT2D eigenvalue weighted by Gasteiger charge is -2.09. The third kappa shape index (κ3) is 4.10. The van der Waals surface area contributed by atoms with Crippen molar-refractivity contribution in [3.05, 3.63) is 64.1 Å². The van der Waals surface area contributed by atoms with Gasteiger partial charge in [-0.1, -0.05) is 46.3 Å². The van der Waals surface area contributed by atoms with Crippen LogP contribution in [0.15, 0.2) is 53.0 Å². The third-order valence-corrected chi connectivity index (χ3v) is 3.48. The van der Waals surface area contributed by atoms with Gasteiger partial charge < -0.3 is 10.1 Å². The van der Waals surface area contributed by atoms with E-state index in [-0.39, 0.29) is 5.91 Å². The van der Waals surface area contributed by atoms with Crippen LogP contribution in [0.2, 0.25) is 0 Å². The van der Waals surface area contributed by atoms with Gasteiger partial charge in [-0.3, -0.25) is 4.79 Å². The van der Waals surface area contributed by atoms with Gasteiger partial charge in [0.25, 0.3) is 0 Å². The molecule has 1 N–H and O–H groups in total. The number of rotatable bonds is 5. The van der Waals surface area contributed by atoms with Gasteiger partial charge in [-0.25, -0.2) is 0 Å². The Kier molecular flexibility index (Phi) is 5.18. The van der Waals surface area contributed by atoms with Gasteiger partial charge in [0, 0.05) is 16.6 Å². The minimum absolute atomic E-state index is 0.0163. The van der Waals surface area contributed by atoms with Gasteiger partial charge in [0.1, 0.15) is 5.75 Å². The molecule has 0 atom stereocenters. The fourth-order valence-electron chi connectivity index (χ4n) is 1.89. The van der Waals surface area contributed by atoms with Crippen molar-refractivity contribution in [2.45, 2.75) is 13.0 Å². The maximum absolute atomic E-state index is 11.9. The molecule has 0 bridgehead atoms. The highest BCUT2D eigenvalue weighted by atomic mass is 79.9. The number of carbonyl (C=O) groups is 1. The summed E-state index contributed by atoms with van der Waals surface area (Å²) >= 11 is 3.38. The van der Waals surface area contributed by atoms with Crippen molar-refractivity contribution in [2.75, 3.05) is 7.11 Å². The summed E-state index contributed by atoms with van der Waals surface area (Å²) in [7, 11) is 1.61. The summed E-state index contributed by atoms with van der Waals surface area (Å²) in [5, 5.41) is 2.91. The van der Waals surface area contributed by atoms with Crippen LogP contribution in [0, 0.1) is 0 Å². The number of ether oxygens (including phenoxy) is 1. The van der Waals surface area contributed by atoms with Gasteiger partial charge in [0.05, 0.1) is 13.5 Å². The SMILES string of the molecule is COc1ccccc1CC(=O)NCc1ccc(Br)cc1. The van der Waals surface area contributed by atoms with E-state index < -0.39 is 0 Å². The van der Waals surface area contributed by atoms with Crippen LogP contribution < -0.4 is 10.1 Å². The Morgan fingerprint density at radius 1 is 1.15 bits per heavy atom. The van der Waals surface area contributed by atoms with Crippen molar-refractivity contribution in [1.82, 2.24) is 5.32 Å². The molecule has 0 aliphatic heterocycles. The van der Waals surface area contributed by atoms with E-state index in [0.29, 0.717) is 13.0 Å². The van der Waals surface area contributed by atoms with Crippen LogP contribution in [0.3, 0.4) is 0 Å². The molecule has 104 valence electrons. The molecular formula is C16H16BrNO2. The fourth-order valence-corrected chi connectivity index (χ4v) is 2.15. The molecule has 2 aromatic rings.